The van der Waals surface area contributed by atoms with Gasteiger partial charge in [0.25, 0.3) is 0 Å². The summed E-state index contributed by atoms with van der Waals surface area (Å²) in [6.45, 7) is 5.00. The average Bonchev–Trinajstić information content (AvgIpc) is 2.71. The minimum absolute atomic E-state index is 0.0473. The maximum atomic E-state index is 12.2. The van der Waals surface area contributed by atoms with Gasteiger partial charge in [-0.2, -0.15) is 0 Å². The Balaban J connectivity index is 1.55. The lowest BCUT2D eigenvalue weighted by Gasteiger charge is -2.43. The number of nitrogens with zero attached hydrogens (tertiary/aromatic N) is 2. The summed E-state index contributed by atoms with van der Waals surface area (Å²) in [5, 5.41) is 13.3. The van der Waals surface area contributed by atoms with E-state index in [0.29, 0.717) is 5.02 Å². The van der Waals surface area contributed by atoms with E-state index >= 15 is 0 Å². The first-order valence-corrected chi connectivity index (χ1v) is 9.83. The monoisotopic (exact) mass is 401 g/mol. The van der Waals surface area contributed by atoms with Crippen molar-refractivity contribution in [2.24, 2.45) is 0 Å². The number of carbonyl (C=O) groups is 1. The van der Waals surface area contributed by atoms with Gasteiger partial charge >= 0.3 is 0 Å². The van der Waals surface area contributed by atoms with Crippen molar-refractivity contribution in [2.45, 2.75) is 12.6 Å². The summed E-state index contributed by atoms with van der Waals surface area (Å²) in [7, 11) is 1.63. The van der Waals surface area contributed by atoms with Crippen LogP contribution in [0.3, 0.4) is 0 Å². The number of nitrogens with one attached hydrogen (secondary N) is 1. The zero-order valence-corrected chi connectivity index (χ0v) is 16.6. The molecule has 1 atom stereocenters. The molecule has 4 rings (SSSR count). The summed E-state index contributed by atoms with van der Waals surface area (Å²) in [6, 6.07) is 11.2. The average molecular weight is 402 g/mol. The molecule has 6 nitrogen and oxygen atoms in total. The van der Waals surface area contributed by atoms with Crippen LogP contribution >= 0.6 is 11.6 Å². The number of piperazine rings is 2. The number of hydrogen-bond acceptors (Lipinski definition) is 5. The Morgan fingerprint density at radius 3 is 2.86 bits per heavy atom. The van der Waals surface area contributed by atoms with E-state index in [1.807, 2.05) is 18.2 Å². The van der Waals surface area contributed by atoms with Gasteiger partial charge in [0.15, 0.2) is 0 Å². The minimum Gasteiger partial charge on any atom is -0.506 e. The fraction of sp³-hybridized carbons (Fsp3) is 0.381. The van der Waals surface area contributed by atoms with Gasteiger partial charge in [-0.1, -0.05) is 23.7 Å². The van der Waals surface area contributed by atoms with Crippen LogP contribution in [0.2, 0.25) is 5.02 Å². The molecule has 2 heterocycles. The Hall–Kier alpha value is -2.28. The number of fused-ring (bicyclic) bond motifs is 1. The number of benzene rings is 2. The molecule has 148 valence electrons. The first-order valence-electron chi connectivity index (χ1n) is 9.45. The van der Waals surface area contributed by atoms with Gasteiger partial charge < -0.3 is 15.2 Å². The topological polar surface area (TPSA) is 65.0 Å². The molecule has 0 spiro atoms. The molecular weight excluding hydrogens is 378 g/mol. The van der Waals surface area contributed by atoms with Crippen molar-refractivity contribution in [1.82, 2.24) is 15.1 Å². The number of phenolic OH excluding ortho intramolecular Hbond substituents is 1. The number of amides is 1. The van der Waals surface area contributed by atoms with Gasteiger partial charge in [0, 0.05) is 44.8 Å². The van der Waals surface area contributed by atoms with Crippen LogP contribution in [-0.2, 0) is 11.3 Å². The molecule has 28 heavy (non-hydrogen) atoms. The predicted molar refractivity (Wildman–Crippen MR) is 109 cm³/mol. The van der Waals surface area contributed by atoms with E-state index in [9.17, 15) is 9.90 Å². The molecule has 2 aromatic carbocycles. The zero-order valence-electron chi connectivity index (χ0n) is 15.8. The summed E-state index contributed by atoms with van der Waals surface area (Å²) in [5.74, 6) is 0.913. The molecule has 1 amide bonds. The number of halogens is 1. The third-order valence-corrected chi connectivity index (χ3v) is 5.82. The van der Waals surface area contributed by atoms with Crippen LogP contribution in [0.1, 0.15) is 5.56 Å². The number of methoxy groups -OCH3 is 1. The van der Waals surface area contributed by atoms with Crippen molar-refractivity contribution in [3.05, 3.63) is 47.0 Å². The van der Waals surface area contributed by atoms with E-state index in [4.69, 9.17) is 16.3 Å². The van der Waals surface area contributed by atoms with E-state index in [2.05, 4.69) is 21.2 Å². The highest BCUT2D eigenvalue weighted by atomic mass is 35.5. The van der Waals surface area contributed by atoms with Crippen molar-refractivity contribution in [3.8, 4) is 22.6 Å². The van der Waals surface area contributed by atoms with Crippen molar-refractivity contribution in [1.29, 1.82) is 0 Å². The van der Waals surface area contributed by atoms with Gasteiger partial charge in [0.05, 0.1) is 12.1 Å². The number of hydrogen-bond donors (Lipinski definition) is 2. The van der Waals surface area contributed by atoms with E-state index in [0.717, 1.165) is 61.7 Å². The van der Waals surface area contributed by atoms with E-state index in [1.54, 1.807) is 19.2 Å². The van der Waals surface area contributed by atoms with E-state index < -0.39 is 0 Å². The van der Waals surface area contributed by atoms with Crippen LogP contribution in [0.15, 0.2) is 36.4 Å². The fourth-order valence-corrected chi connectivity index (χ4v) is 4.11. The van der Waals surface area contributed by atoms with Crippen LogP contribution in [0, 0.1) is 0 Å². The Morgan fingerprint density at radius 1 is 1.21 bits per heavy atom. The lowest BCUT2D eigenvalue weighted by molar-refractivity contribution is -0.131. The fourth-order valence-electron chi connectivity index (χ4n) is 4.00. The molecule has 7 heteroatoms. The quantitative estimate of drug-likeness (QED) is 0.823. The van der Waals surface area contributed by atoms with Crippen molar-refractivity contribution < 1.29 is 14.6 Å². The smallest absolute Gasteiger partial charge is 0.238 e. The molecule has 0 radical (unpaired) electrons. The number of ether oxygens (including phenoxy) is 1. The standard InChI is InChI=1S/C21H24ClN3O3/c1-28-20-5-2-14(10-16(20)15-3-4-17(22)19(26)11-15)12-24-8-9-25-7-6-23-21(27)18(25)13-24/h2-5,10-11,18,26H,6-9,12-13H2,1H3,(H,23,27). The molecule has 1 unspecified atom stereocenters. The molecule has 2 fully saturated rings. The van der Waals surface area contributed by atoms with Crippen LogP contribution in [0.25, 0.3) is 11.1 Å². The Bertz CT molecular complexity index is 889. The molecule has 2 N–H and O–H groups in total. The number of aromatic hydroxyl groups is 1. The SMILES string of the molecule is COc1ccc(CN2CCN3CCNC(=O)C3C2)cc1-c1ccc(Cl)c(O)c1. The molecular formula is C21H24ClN3O3. The highest BCUT2D eigenvalue weighted by Crippen LogP contribution is 2.35. The van der Waals surface area contributed by atoms with Crippen molar-refractivity contribution >= 4 is 17.5 Å². The van der Waals surface area contributed by atoms with Crippen LogP contribution in [0.4, 0.5) is 0 Å². The molecule has 2 aromatic rings. The Morgan fingerprint density at radius 2 is 2.07 bits per heavy atom. The summed E-state index contributed by atoms with van der Waals surface area (Å²) in [4.78, 5) is 16.8. The summed E-state index contributed by atoms with van der Waals surface area (Å²) >= 11 is 5.95. The number of rotatable bonds is 4. The van der Waals surface area contributed by atoms with Crippen molar-refractivity contribution in [3.63, 3.8) is 0 Å². The van der Waals surface area contributed by atoms with E-state index in [-0.39, 0.29) is 17.7 Å². The summed E-state index contributed by atoms with van der Waals surface area (Å²) < 4.78 is 5.51. The molecule has 0 aliphatic carbocycles. The first kappa shape index (κ1) is 19.1. The van der Waals surface area contributed by atoms with Gasteiger partial charge in [0.2, 0.25) is 5.91 Å². The molecule has 0 saturated carbocycles. The van der Waals surface area contributed by atoms with Gasteiger partial charge in [0.1, 0.15) is 17.5 Å². The summed E-state index contributed by atoms with van der Waals surface area (Å²) in [6.07, 6.45) is 0. The number of phenols is 1. The van der Waals surface area contributed by atoms with Crippen molar-refractivity contribution in [2.75, 3.05) is 39.8 Å². The summed E-state index contributed by atoms with van der Waals surface area (Å²) in [5.41, 5.74) is 2.88. The number of carbonyl (C=O) groups excluding carboxylic acids is 1. The van der Waals surface area contributed by atoms with Crippen LogP contribution in [-0.4, -0.2) is 66.7 Å². The second-order valence-electron chi connectivity index (χ2n) is 7.28. The second kappa shape index (κ2) is 7.99. The predicted octanol–water partition coefficient (Wildman–Crippen LogP) is 2.34. The van der Waals surface area contributed by atoms with Gasteiger partial charge in [-0.15, -0.1) is 0 Å². The molecule has 0 bridgehead atoms. The lowest BCUT2D eigenvalue weighted by atomic mass is 10.0. The highest BCUT2D eigenvalue weighted by molar-refractivity contribution is 6.32. The Kier molecular flexibility index (Phi) is 5.44. The highest BCUT2D eigenvalue weighted by Gasteiger charge is 2.34. The third kappa shape index (κ3) is 3.81. The van der Waals surface area contributed by atoms with E-state index in [1.165, 1.54) is 0 Å². The van der Waals surface area contributed by atoms with Gasteiger partial charge in [-0.3, -0.25) is 14.6 Å². The van der Waals surface area contributed by atoms with Crippen LogP contribution < -0.4 is 10.1 Å². The van der Waals surface area contributed by atoms with Gasteiger partial charge in [-0.25, -0.2) is 0 Å². The zero-order chi connectivity index (χ0) is 19.7. The molecule has 0 aromatic heterocycles. The lowest BCUT2D eigenvalue weighted by Crippen LogP contribution is -2.63. The Labute approximate surface area is 169 Å². The third-order valence-electron chi connectivity index (χ3n) is 5.50. The molecule has 2 aliphatic rings. The maximum absolute atomic E-state index is 12.2. The molecule has 2 aliphatic heterocycles. The minimum atomic E-state index is -0.0616. The van der Waals surface area contributed by atoms with Crippen LogP contribution in [0.5, 0.6) is 11.5 Å². The second-order valence-corrected chi connectivity index (χ2v) is 7.69. The maximum Gasteiger partial charge on any atom is 0.238 e. The molecule has 2 saturated heterocycles. The normalized spacial score (nSPS) is 20.5. The van der Waals surface area contributed by atoms with Gasteiger partial charge in [-0.05, 0) is 35.4 Å². The largest absolute Gasteiger partial charge is 0.506 e. The first-order chi connectivity index (χ1) is 13.5.